The molecule has 1 N–H and O–H groups in total. The fourth-order valence-corrected chi connectivity index (χ4v) is 3.17. The first kappa shape index (κ1) is 16.1. The van der Waals surface area contributed by atoms with Gasteiger partial charge in [-0.25, -0.2) is 0 Å². The van der Waals surface area contributed by atoms with Gasteiger partial charge in [-0.3, -0.25) is 4.68 Å². The van der Waals surface area contributed by atoms with E-state index in [9.17, 15) is 5.11 Å². The summed E-state index contributed by atoms with van der Waals surface area (Å²) in [5, 5.41) is 15.5. The monoisotopic (exact) mass is 306 g/mol. The minimum atomic E-state index is -0.455. The average molecular weight is 307 g/mol. The molecule has 1 aromatic heterocycles. The van der Waals surface area contributed by atoms with Gasteiger partial charge < -0.3 is 5.11 Å². The van der Waals surface area contributed by atoms with Crippen LogP contribution in [-0.4, -0.2) is 21.0 Å². The highest BCUT2D eigenvalue weighted by Gasteiger charge is 2.17. The van der Waals surface area contributed by atoms with Crippen LogP contribution in [0, 0.1) is 13.8 Å². The summed E-state index contributed by atoms with van der Waals surface area (Å²) in [7, 11) is 1.88. The van der Waals surface area contributed by atoms with Gasteiger partial charge in [0.2, 0.25) is 0 Å². The van der Waals surface area contributed by atoms with E-state index in [0.717, 1.165) is 23.4 Å². The van der Waals surface area contributed by atoms with E-state index in [0.29, 0.717) is 17.9 Å². The normalized spacial score (nSPS) is 12.7. The number of aryl methyl sites for hydroxylation is 4. The summed E-state index contributed by atoms with van der Waals surface area (Å²) in [4.78, 5) is 0. The van der Waals surface area contributed by atoms with Gasteiger partial charge in [-0.2, -0.15) is 5.10 Å². The van der Waals surface area contributed by atoms with Gasteiger partial charge in [-0.05, 0) is 32.3 Å². The van der Waals surface area contributed by atoms with E-state index < -0.39 is 6.10 Å². The molecule has 1 heterocycles. The van der Waals surface area contributed by atoms with Crippen LogP contribution in [0.15, 0.2) is 18.2 Å². The maximum atomic E-state index is 10.4. The lowest BCUT2D eigenvalue weighted by molar-refractivity contribution is 0.173. The summed E-state index contributed by atoms with van der Waals surface area (Å²) in [6.07, 6.45) is 1.50. The van der Waals surface area contributed by atoms with Crippen LogP contribution in [0.1, 0.15) is 35.0 Å². The molecule has 3 nitrogen and oxygen atoms in total. The molecule has 0 aliphatic heterocycles. The molecule has 2 rings (SSSR count). The molecule has 1 atom stereocenters. The third kappa shape index (κ3) is 3.86. The molecular formula is C17H23ClN2O. The number of aromatic nitrogens is 2. The van der Waals surface area contributed by atoms with Gasteiger partial charge in [-0.1, -0.05) is 47.9 Å². The Hall–Kier alpha value is -1.32. The number of hydrogen-bond donors (Lipinski definition) is 1. The van der Waals surface area contributed by atoms with Crippen molar-refractivity contribution in [1.29, 1.82) is 0 Å². The maximum absolute atomic E-state index is 10.4. The zero-order valence-electron chi connectivity index (χ0n) is 13.2. The summed E-state index contributed by atoms with van der Waals surface area (Å²) in [5.41, 5.74) is 5.42. The highest BCUT2D eigenvalue weighted by molar-refractivity contribution is 6.31. The fourth-order valence-electron chi connectivity index (χ4n) is 2.80. The highest BCUT2D eigenvalue weighted by Crippen LogP contribution is 2.23. The van der Waals surface area contributed by atoms with E-state index in [2.05, 4.69) is 37.1 Å². The fraction of sp³-hybridized carbons (Fsp3) is 0.471. The van der Waals surface area contributed by atoms with Gasteiger partial charge in [0.25, 0.3) is 0 Å². The quantitative estimate of drug-likeness (QED) is 0.919. The molecule has 0 fully saturated rings. The smallest absolute Gasteiger partial charge is 0.0850 e. The largest absolute Gasteiger partial charge is 0.392 e. The number of rotatable bonds is 5. The van der Waals surface area contributed by atoms with Crippen LogP contribution in [0.2, 0.25) is 5.02 Å². The van der Waals surface area contributed by atoms with Crippen molar-refractivity contribution in [3.8, 4) is 0 Å². The van der Waals surface area contributed by atoms with Gasteiger partial charge in [0.1, 0.15) is 0 Å². The molecule has 0 saturated heterocycles. The average Bonchev–Trinajstić information content (AvgIpc) is 2.64. The molecular weight excluding hydrogens is 284 g/mol. The summed E-state index contributed by atoms with van der Waals surface area (Å²) in [5.74, 6) is 0. The minimum Gasteiger partial charge on any atom is -0.392 e. The molecule has 1 aromatic carbocycles. The minimum absolute atomic E-state index is 0.455. The predicted molar refractivity (Wildman–Crippen MR) is 86.9 cm³/mol. The SMILES string of the molecule is CCc1nn(C)c(CC(O)Cc2cc(C)cc(C)c2)c1Cl. The number of hydrogen-bond acceptors (Lipinski definition) is 2. The molecule has 2 aromatic rings. The van der Waals surface area contributed by atoms with Crippen molar-refractivity contribution in [1.82, 2.24) is 9.78 Å². The van der Waals surface area contributed by atoms with Crippen molar-refractivity contribution in [2.24, 2.45) is 7.05 Å². The predicted octanol–water partition coefficient (Wildman–Crippen LogP) is 3.40. The standard InChI is InChI=1S/C17H23ClN2O/c1-5-15-17(18)16(20(4)19-15)10-14(21)9-13-7-11(2)6-12(3)8-13/h6-8,14,21H,5,9-10H2,1-4H3. The lowest BCUT2D eigenvalue weighted by atomic mass is 10.00. The number of aliphatic hydroxyl groups excluding tert-OH is 1. The number of aliphatic hydroxyl groups is 1. The summed E-state index contributed by atoms with van der Waals surface area (Å²) in [6, 6.07) is 6.39. The van der Waals surface area contributed by atoms with Gasteiger partial charge in [0, 0.05) is 13.5 Å². The van der Waals surface area contributed by atoms with Crippen molar-refractivity contribution in [2.45, 2.75) is 46.1 Å². The number of benzene rings is 1. The van der Waals surface area contributed by atoms with Crippen LogP contribution < -0.4 is 0 Å². The third-order valence-corrected chi connectivity index (χ3v) is 4.12. The lowest BCUT2D eigenvalue weighted by Crippen LogP contribution is -2.16. The van der Waals surface area contributed by atoms with E-state index in [1.54, 1.807) is 4.68 Å². The molecule has 4 heteroatoms. The zero-order chi connectivity index (χ0) is 15.6. The maximum Gasteiger partial charge on any atom is 0.0850 e. The Morgan fingerprint density at radius 2 is 1.81 bits per heavy atom. The summed E-state index contributed by atoms with van der Waals surface area (Å²) < 4.78 is 1.78. The zero-order valence-corrected chi connectivity index (χ0v) is 13.9. The molecule has 114 valence electrons. The number of halogens is 1. The van der Waals surface area contributed by atoms with Crippen LogP contribution >= 0.6 is 11.6 Å². The van der Waals surface area contributed by atoms with E-state index in [1.807, 2.05) is 14.0 Å². The van der Waals surface area contributed by atoms with Crippen molar-refractivity contribution >= 4 is 11.6 Å². The molecule has 0 saturated carbocycles. The van der Waals surface area contributed by atoms with E-state index in [1.165, 1.54) is 11.1 Å². The van der Waals surface area contributed by atoms with E-state index in [-0.39, 0.29) is 0 Å². The molecule has 0 amide bonds. The van der Waals surface area contributed by atoms with Gasteiger partial charge in [0.15, 0.2) is 0 Å². The van der Waals surface area contributed by atoms with Gasteiger partial charge in [-0.15, -0.1) is 0 Å². The Morgan fingerprint density at radius 3 is 2.33 bits per heavy atom. The second kappa shape index (κ2) is 6.63. The molecule has 0 spiro atoms. The highest BCUT2D eigenvalue weighted by atomic mass is 35.5. The third-order valence-electron chi connectivity index (χ3n) is 3.68. The first-order valence-corrected chi connectivity index (χ1v) is 7.74. The molecule has 0 radical (unpaired) electrons. The number of nitrogens with zero attached hydrogens (tertiary/aromatic N) is 2. The van der Waals surface area contributed by atoms with Crippen LogP contribution in [0.5, 0.6) is 0 Å². The van der Waals surface area contributed by atoms with E-state index in [4.69, 9.17) is 11.6 Å². The molecule has 0 bridgehead atoms. The Kier molecular flexibility index (Phi) is 5.07. The Bertz CT molecular complexity index is 614. The molecule has 21 heavy (non-hydrogen) atoms. The van der Waals surface area contributed by atoms with Crippen LogP contribution in [0.3, 0.4) is 0 Å². The lowest BCUT2D eigenvalue weighted by Gasteiger charge is -2.12. The summed E-state index contributed by atoms with van der Waals surface area (Å²) >= 11 is 6.33. The summed E-state index contributed by atoms with van der Waals surface area (Å²) in [6.45, 7) is 6.19. The van der Waals surface area contributed by atoms with Crippen LogP contribution in [0.25, 0.3) is 0 Å². The topological polar surface area (TPSA) is 38.0 Å². The Labute approximate surface area is 131 Å². The van der Waals surface area contributed by atoms with Crippen molar-refractivity contribution in [3.05, 3.63) is 51.3 Å². The van der Waals surface area contributed by atoms with Crippen LogP contribution in [-0.2, 0) is 26.3 Å². The van der Waals surface area contributed by atoms with Crippen molar-refractivity contribution in [2.75, 3.05) is 0 Å². The first-order chi connectivity index (χ1) is 9.90. The van der Waals surface area contributed by atoms with E-state index >= 15 is 0 Å². The second-order valence-corrected chi connectivity index (χ2v) is 6.12. The Balaban J connectivity index is 2.11. The molecule has 1 unspecified atom stereocenters. The first-order valence-electron chi connectivity index (χ1n) is 7.36. The van der Waals surface area contributed by atoms with Crippen molar-refractivity contribution < 1.29 is 5.11 Å². The van der Waals surface area contributed by atoms with Crippen LogP contribution in [0.4, 0.5) is 0 Å². The second-order valence-electron chi connectivity index (χ2n) is 5.74. The van der Waals surface area contributed by atoms with Gasteiger partial charge >= 0.3 is 0 Å². The Morgan fingerprint density at radius 1 is 1.19 bits per heavy atom. The molecule has 0 aliphatic carbocycles. The van der Waals surface area contributed by atoms with Crippen molar-refractivity contribution in [3.63, 3.8) is 0 Å². The van der Waals surface area contributed by atoms with Gasteiger partial charge in [0.05, 0.1) is 22.5 Å². The molecule has 0 aliphatic rings.